The molecule has 0 saturated carbocycles. The van der Waals surface area contributed by atoms with Gasteiger partial charge in [-0.1, -0.05) is 0 Å². The number of ether oxygens (including phenoxy) is 4. The monoisotopic (exact) mass is 214 g/mol. The first kappa shape index (κ1) is 12.1. The van der Waals surface area contributed by atoms with Gasteiger partial charge < -0.3 is 18.9 Å². The summed E-state index contributed by atoms with van der Waals surface area (Å²) in [6, 6.07) is 0. The molecule has 86 valence electrons. The van der Waals surface area contributed by atoms with Crippen LogP contribution in [0.5, 0.6) is 0 Å². The molecule has 0 heterocycles. The van der Waals surface area contributed by atoms with Gasteiger partial charge in [0.15, 0.2) is 11.5 Å². The third-order valence-electron chi connectivity index (χ3n) is 2.66. The summed E-state index contributed by atoms with van der Waals surface area (Å²) in [6.45, 7) is 1.93. The van der Waals surface area contributed by atoms with Crippen LogP contribution in [-0.2, 0) is 18.9 Å². The van der Waals surface area contributed by atoms with E-state index in [-0.39, 0.29) is 6.10 Å². The topological polar surface area (TPSA) is 36.9 Å². The van der Waals surface area contributed by atoms with E-state index in [4.69, 9.17) is 18.9 Å². The van der Waals surface area contributed by atoms with E-state index in [2.05, 4.69) is 0 Å². The van der Waals surface area contributed by atoms with Crippen LogP contribution in [0.15, 0.2) is 23.7 Å². The van der Waals surface area contributed by atoms with Gasteiger partial charge in [0.05, 0.1) is 14.2 Å². The molecule has 0 radical (unpaired) electrons. The quantitative estimate of drug-likeness (QED) is 0.710. The summed E-state index contributed by atoms with van der Waals surface area (Å²) < 4.78 is 21.2. The number of hydrogen-bond donors (Lipinski definition) is 0. The van der Waals surface area contributed by atoms with E-state index < -0.39 is 5.60 Å². The summed E-state index contributed by atoms with van der Waals surface area (Å²) in [7, 11) is 6.47. The minimum Gasteiger partial charge on any atom is -0.493 e. The Hall–Kier alpha value is -1.00. The number of hydrogen-bond acceptors (Lipinski definition) is 4. The molecule has 0 N–H and O–H groups in total. The molecule has 0 aromatic heterocycles. The molecule has 15 heavy (non-hydrogen) atoms. The zero-order valence-corrected chi connectivity index (χ0v) is 9.87. The fraction of sp³-hybridized carbons (Fsp3) is 0.636. The summed E-state index contributed by atoms with van der Waals surface area (Å²) in [5.74, 6) is 1.33. The fourth-order valence-corrected chi connectivity index (χ4v) is 1.60. The van der Waals surface area contributed by atoms with Gasteiger partial charge in [0.2, 0.25) is 0 Å². The highest BCUT2D eigenvalue weighted by Gasteiger charge is 2.37. The van der Waals surface area contributed by atoms with Crippen molar-refractivity contribution in [2.75, 3.05) is 28.4 Å². The van der Waals surface area contributed by atoms with Gasteiger partial charge in [0, 0.05) is 14.2 Å². The molecule has 1 rings (SSSR count). The first-order valence-electron chi connectivity index (χ1n) is 4.72. The van der Waals surface area contributed by atoms with Gasteiger partial charge in [-0.05, 0) is 19.1 Å². The molecular weight excluding hydrogens is 196 g/mol. The molecular formula is C11H18O4. The van der Waals surface area contributed by atoms with Crippen molar-refractivity contribution in [1.82, 2.24) is 0 Å². The molecule has 4 nitrogen and oxygen atoms in total. The molecule has 0 aromatic rings. The average molecular weight is 214 g/mol. The molecule has 0 aliphatic heterocycles. The lowest BCUT2D eigenvalue weighted by molar-refractivity contribution is -0.0599. The summed E-state index contributed by atoms with van der Waals surface area (Å²) in [5.41, 5.74) is -0.526. The predicted octanol–water partition coefficient (Wildman–Crippen LogP) is 1.48. The molecule has 1 aliphatic rings. The lowest BCUT2D eigenvalue weighted by Crippen LogP contribution is -2.42. The van der Waals surface area contributed by atoms with E-state index in [0.717, 1.165) is 0 Å². The van der Waals surface area contributed by atoms with E-state index in [1.54, 1.807) is 28.4 Å². The number of rotatable bonds is 4. The molecule has 0 aromatic carbocycles. The highest BCUT2D eigenvalue weighted by Crippen LogP contribution is 2.31. The average Bonchev–Trinajstić information content (AvgIpc) is 2.28. The van der Waals surface area contributed by atoms with E-state index >= 15 is 0 Å². The van der Waals surface area contributed by atoms with Crippen LogP contribution in [0.25, 0.3) is 0 Å². The van der Waals surface area contributed by atoms with Gasteiger partial charge in [-0.15, -0.1) is 0 Å². The summed E-state index contributed by atoms with van der Waals surface area (Å²) in [4.78, 5) is 0. The third kappa shape index (κ3) is 2.16. The van der Waals surface area contributed by atoms with Gasteiger partial charge >= 0.3 is 0 Å². The highest BCUT2D eigenvalue weighted by molar-refractivity contribution is 5.32. The van der Waals surface area contributed by atoms with E-state index in [9.17, 15) is 0 Å². The van der Waals surface area contributed by atoms with Crippen molar-refractivity contribution < 1.29 is 18.9 Å². The maximum atomic E-state index is 5.43. The summed E-state index contributed by atoms with van der Waals surface area (Å²) >= 11 is 0. The molecule has 0 fully saturated rings. The van der Waals surface area contributed by atoms with Crippen molar-refractivity contribution in [2.24, 2.45) is 0 Å². The zero-order valence-electron chi connectivity index (χ0n) is 9.87. The van der Waals surface area contributed by atoms with Gasteiger partial charge in [-0.3, -0.25) is 0 Å². The van der Waals surface area contributed by atoms with Gasteiger partial charge in [-0.2, -0.15) is 0 Å². The largest absolute Gasteiger partial charge is 0.493 e. The fourth-order valence-electron chi connectivity index (χ4n) is 1.60. The second-order valence-electron chi connectivity index (χ2n) is 3.49. The second-order valence-corrected chi connectivity index (χ2v) is 3.49. The molecule has 0 amide bonds. The van der Waals surface area contributed by atoms with Gasteiger partial charge in [0.1, 0.15) is 11.7 Å². The Bertz CT molecular complexity index is 282. The Morgan fingerprint density at radius 1 is 1.07 bits per heavy atom. The van der Waals surface area contributed by atoms with E-state index in [1.807, 2.05) is 19.1 Å². The van der Waals surface area contributed by atoms with Crippen molar-refractivity contribution in [1.29, 1.82) is 0 Å². The minimum atomic E-state index is -0.526. The van der Waals surface area contributed by atoms with Crippen LogP contribution in [0.4, 0.5) is 0 Å². The van der Waals surface area contributed by atoms with Gasteiger partial charge in [0.25, 0.3) is 0 Å². The maximum absolute atomic E-state index is 5.43. The number of methoxy groups -OCH3 is 4. The molecule has 2 atom stereocenters. The maximum Gasteiger partial charge on any atom is 0.159 e. The SMILES string of the molecule is COC1=CC(OC)C(C)(OC)C=C1OC. The Balaban J connectivity index is 3.05. The van der Waals surface area contributed by atoms with Crippen LogP contribution >= 0.6 is 0 Å². The lowest BCUT2D eigenvalue weighted by atomic mass is 9.92. The van der Waals surface area contributed by atoms with Crippen LogP contribution in [0.3, 0.4) is 0 Å². The Kier molecular flexibility index (Phi) is 3.77. The first-order valence-corrected chi connectivity index (χ1v) is 4.72. The summed E-state index contributed by atoms with van der Waals surface area (Å²) in [6.07, 6.45) is 3.53. The molecule has 4 heteroatoms. The lowest BCUT2D eigenvalue weighted by Gasteiger charge is -2.34. The molecule has 0 spiro atoms. The Morgan fingerprint density at radius 3 is 2.07 bits per heavy atom. The second kappa shape index (κ2) is 4.68. The van der Waals surface area contributed by atoms with Crippen molar-refractivity contribution in [3.8, 4) is 0 Å². The smallest absolute Gasteiger partial charge is 0.159 e. The van der Waals surface area contributed by atoms with Crippen LogP contribution in [0.2, 0.25) is 0 Å². The molecule has 0 saturated heterocycles. The van der Waals surface area contributed by atoms with Gasteiger partial charge in [-0.25, -0.2) is 0 Å². The Morgan fingerprint density at radius 2 is 1.67 bits per heavy atom. The van der Waals surface area contributed by atoms with Crippen molar-refractivity contribution in [2.45, 2.75) is 18.6 Å². The minimum absolute atomic E-state index is 0.184. The highest BCUT2D eigenvalue weighted by atomic mass is 16.5. The Labute approximate surface area is 90.5 Å². The van der Waals surface area contributed by atoms with Crippen molar-refractivity contribution in [3.63, 3.8) is 0 Å². The van der Waals surface area contributed by atoms with Crippen molar-refractivity contribution in [3.05, 3.63) is 23.7 Å². The van der Waals surface area contributed by atoms with E-state index in [1.165, 1.54) is 0 Å². The first-order chi connectivity index (χ1) is 7.11. The van der Waals surface area contributed by atoms with Crippen LogP contribution < -0.4 is 0 Å². The zero-order chi connectivity index (χ0) is 11.5. The summed E-state index contributed by atoms with van der Waals surface area (Å²) in [5, 5.41) is 0. The molecule has 1 aliphatic carbocycles. The van der Waals surface area contributed by atoms with Crippen molar-refractivity contribution >= 4 is 0 Å². The van der Waals surface area contributed by atoms with E-state index in [0.29, 0.717) is 11.5 Å². The van der Waals surface area contributed by atoms with Crippen LogP contribution in [0, 0.1) is 0 Å². The predicted molar refractivity (Wildman–Crippen MR) is 56.4 cm³/mol. The van der Waals surface area contributed by atoms with Crippen LogP contribution in [0.1, 0.15) is 6.92 Å². The van der Waals surface area contributed by atoms with Crippen LogP contribution in [-0.4, -0.2) is 40.1 Å². The molecule has 0 bridgehead atoms. The third-order valence-corrected chi connectivity index (χ3v) is 2.66. The molecule has 2 unspecified atom stereocenters. The standard InChI is InChI=1S/C11H18O4/c1-11(15-5)7-9(13-3)8(12-2)6-10(11)14-4/h6-7,10H,1-5H3. The normalized spacial score (nSPS) is 30.6.